The van der Waals surface area contributed by atoms with E-state index in [-0.39, 0.29) is 19.4 Å². The third-order valence-corrected chi connectivity index (χ3v) is 11.4. The SMILES string of the molecule is CC(F)(F)CC[NH-].CCC(C)c1ccc(O)cc1.CCC(C)c1ccccc1.O=C(OC1C2CC3OS(=O)(=O)C1C3C2)C(F)(F)S(=O)(=O)[O-]. The summed E-state index contributed by atoms with van der Waals surface area (Å²) < 4.78 is 113. The number of carbonyl (C=O) groups excluding carboxylic acids is 1. The smallest absolute Gasteiger partial charge is 0.428 e. The summed E-state index contributed by atoms with van der Waals surface area (Å²) in [6.45, 7) is 9.46. The Bertz CT molecular complexity index is 1550. The number of halogens is 4. The van der Waals surface area contributed by atoms with Gasteiger partial charge in [-0.3, -0.25) is 4.18 Å². The van der Waals surface area contributed by atoms with E-state index in [0.29, 0.717) is 24.0 Å². The highest BCUT2D eigenvalue weighted by Crippen LogP contribution is 2.55. The minimum absolute atomic E-state index is 0.191. The van der Waals surface area contributed by atoms with Crippen molar-refractivity contribution in [1.29, 1.82) is 0 Å². The van der Waals surface area contributed by atoms with E-state index in [9.17, 15) is 43.7 Å². The van der Waals surface area contributed by atoms with E-state index in [2.05, 4.69) is 62.8 Å². The monoisotopic (exact) mass is 739 g/mol. The maximum absolute atomic E-state index is 13.1. The highest BCUT2D eigenvalue weighted by molar-refractivity contribution is 7.88. The zero-order chi connectivity index (χ0) is 37.4. The first-order valence-corrected chi connectivity index (χ1v) is 18.8. The molecule has 16 heteroatoms. The van der Waals surface area contributed by atoms with E-state index in [0.717, 1.165) is 13.3 Å². The summed E-state index contributed by atoms with van der Waals surface area (Å²) in [7, 11) is -10.3. The standard InChI is InChI=1S/C10H14O.C10H14.C9H10F2O8S2.C4H8F2N/c1-3-8(2)9-4-6-10(11)7-5-9;1-3-9(2)10-7-5-4-6-8-10;10-9(11,21(15,16)17)8(12)18-6-3-1-4-5(2-3)19-20(13,14)7(4)6;1-4(5,6)2-3-7/h4-8,11H,3H2,1-2H3;4-9H,3H2,1-2H3;3-7H,1-2H2,(H,15,16,17);7H,2-3H2,1H3/q;;;-1/p-1. The average Bonchev–Trinajstić information content (AvgIpc) is 3.64. The fourth-order valence-electron chi connectivity index (χ4n) is 5.65. The van der Waals surface area contributed by atoms with Crippen molar-refractivity contribution in [3.63, 3.8) is 0 Å². The molecule has 10 nitrogen and oxygen atoms in total. The Kier molecular flexibility index (Phi) is 15.1. The molecule has 278 valence electrons. The van der Waals surface area contributed by atoms with Crippen LogP contribution in [0, 0.1) is 11.8 Å². The number of rotatable bonds is 9. The normalized spacial score (nSPS) is 24.6. The Morgan fingerprint density at radius 1 is 1.00 bits per heavy atom. The number of phenols is 1. The van der Waals surface area contributed by atoms with E-state index < -0.39 is 66.7 Å². The summed E-state index contributed by atoms with van der Waals surface area (Å²) in [5.41, 5.74) is 9.12. The molecule has 0 spiro atoms. The largest absolute Gasteiger partial charge is 0.743 e. The first-order valence-electron chi connectivity index (χ1n) is 15.9. The van der Waals surface area contributed by atoms with Gasteiger partial charge in [0.05, 0.1) is 6.10 Å². The summed E-state index contributed by atoms with van der Waals surface area (Å²) >= 11 is 0. The fraction of sp³-hybridized carbons (Fsp3) is 0.606. The van der Waals surface area contributed by atoms with Crippen molar-refractivity contribution in [2.75, 3.05) is 6.54 Å². The van der Waals surface area contributed by atoms with Crippen LogP contribution < -0.4 is 0 Å². The zero-order valence-corrected chi connectivity index (χ0v) is 29.7. The second-order valence-electron chi connectivity index (χ2n) is 12.5. The van der Waals surface area contributed by atoms with Crippen molar-refractivity contribution in [3.8, 4) is 5.75 Å². The number of phenolic OH excluding ortho intramolecular Hbond substituents is 1. The molecule has 3 aliphatic rings. The highest BCUT2D eigenvalue weighted by Gasteiger charge is 2.67. The van der Waals surface area contributed by atoms with Gasteiger partial charge < -0.3 is 20.1 Å². The molecule has 2 aromatic carbocycles. The molecule has 7 unspecified atom stereocenters. The molecule has 2 N–H and O–H groups in total. The molecule has 2 aromatic rings. The Morgan fingerprint density at radius 3 is 1.94 bits per heavy atom. The molecule has 2 saturated carbocycles. The number of hydrogen-bond donors (Lipinski definition) is 1. The van der Waals surface area contributed by atoms with Crippen molar-refractivity contribution < 1.29 is 57.8 Å². The molecule has 49 heavy (non-hydrogen) atoms. The van der Waals surface area contributed by atoms with Crippen LogP contribution in [0.3, 0.4) is 0 Å². The number of esters is 1. The third kappa shape index (κ3) is 11.6. The van der Waals surface area contributed by atoms with Crippen molar-refractivity contribution in [3.05, 3.63) is 71.5 Å². The zero-order valence-electron chi connectivity index (χ0n) is 28.0. The van der Waals surface area contributed by atoms with E-state index in [1.807, 2.05) is 12.1 Å². The van der Waals surface area contributed by atoms with Gasteiger partial charge in [0.1, 0.15) is 17.1 Å². The van der Waals surface area contributed by atoms with Crippen LogP contribution in [0.1, 0.15) is 89.7 Å². The van der Waals surface area contributed by atoms with Crippen LogP contribution in [0.5, 0.6) is 5.75 Å². The van der Waals surface area contributed by atoms with Gasteiger partial charge in [0.15, 0.2) is 10.1 Å². The topological polar surface area (TPSA) is 171 Å². The molecule has 5 rings (SSSR count). The lowest BCUT2D eigenvalue weighted by molar-refractivity contribution is -0.169. The Hall–Kier alpha value is -2.79. The van der Waals surface area contributed by atoms with Crippen LogP contribution in [0.15, 0.2) is 54.6 Å². The van der Waals surface area contributed by atoms with Gasteiger partial charge in [-0.2, -0.15) is 17.2 Å². The predicted octanol–water partition coefficient (Wildman–Crippen LogP) is 7.36. The van der Waals surface area contributed by atoms with Crippen LogP contribution in [0.4, 0.5) is 17.6 Å². The molecule has 1 aliphatic heterocycles. The Morgan fingerprint density at radius 2 is 1.51 bits per heavy atom. The molecule has 3 fully saturated rings. The molecule has 1 saturated heterocycles. The molecular weight excluding hydrogens is 694 g/mol. The summed E-state index contributed by atoms with van der Waals surface area (Å²) in [5.74, 6) is -4.50. The van der Waals surface area contributed by atoms with Crippen LogP contribution in [0.2, 0.25) is 0 Å². The van der Waals surface area contributed by atoms with Gasteiger partial charge in [-0.25, -0.2) is 22.0 Å². The maximum atomic E-state index is 13.1. The number of hydrogen-bond acceptors (Lipinski definition) is 9. The second kappa shape index (κ2) is 17.4. The van der Waals surface area contributed by atoms with Crippen LogP contribution in [-0.4, -0.2) is 67.6 Å². The van der Waals surface area contributed by atoms with Gasteiger partial charge in [-0.05, 0) is 74.1 Å². The number of aromatic hydroxyl groups is 1. The van der Waals surface area contributed by atoms with Crippen LogP contribution in [-0.2, 0) is 34.0 Å². The molecule has 0 aromatic heterocycles. The average molecular weight is 740 g/mol. The Labute approximate surface area is 286 Å². The number of carbonyl (C=O) groups is 1. The minimum atomic E-state index is -6.24. The van der Waals surface area contributed by atoms with E-state index >= 15 is 0 Å². The Balaban J connectivity index is 0.000000252. The lowest BCUT2D eigenvalue weighted by Gasteiger charge is -2.27. The fourth-order valence-corrected chi connectivity index (χ4v) is 7.92. The molecule has 2 bridgehead atoms. The van der Waals surface area contributed by atoms with Crippen LogP contribution in [0.25, 0.3) is 5.73 Å². The van der Waals surface area contributed by atoms with Crippen LogP contribution >= 0.6 is 0 Å². The van der Waals surface area contributed by atoms with Gasteiger partial charge in [-0.1, -0.05) is 70.2 Å². The lowest BCUT2D eigenvalue weighted by Crippen LogP contribution is -2.46. The highest BCUT2D eigenvalue weighted by atomic mass is 32.2. The second-order valence-corrected chi connectivity index (χ2v) is 15.7. The summed E-state index contributed by atoms with van der Waals surface area (Å²) in [5, 5.41) is 2.48. The van der Waals surface area contributed by atoms with Crippen molar-refractivity contribution in [2.45, 2.75) is 107 Å². The predicted molar refractivity (Wildman–Crippen MR) is 175 cm³/mol. The van der Waals surface area contributed by atoms with E-state index in [1.165, 1.54) is 17.5 Å². The van der Waals surface area contributed by atoms with Crippen molar-refractivity contribution >= 4 is 26.2 Å². The van der Waals surface area contributed by atoms with Crippen molar-refractivity contribution in [2.24, 2.45) is 11.8 Å². The first-order chi connectivity index (χ1) is 22.6. The third-order valence-electron chi connectivity index (χ3n) is 8.80. The quantitative estimate of drug-likeness (QED) is 0.119. The van der Waals surface area contributed by atoms with Gasteiger partial charge in [0, 0.05) is 11.8 Å². The number of fused-ring (bicyclic) bond motifs is 1. The summed E-state index contributed by atoms with van der Waals surface area (Å²) in [6.07, 6.45) is 0.612. The summed E-state index contributed by atoms with van der Waals surface area (Å²) in [4.78, 5) is 11.2. The molecule has 0 radical (unpaired) electrons. The number of alkyl halides is 4. The molecular formula is C33H45F4NO9S2-2. The van der Waals surface area contributed by atoms with Gasteiger partial charge >= 0.3 is 11.2 Å². The van der Waals surface area contributed by atoms with E-state index in [1.54, 1.807) is 12.1 Å². The molecule has 2 aliphatic carbocycles. The number of benzene rings is 2. The summed E-state index contributed by atoms with van der Waals surface area (Å²) in [6, 6.07) is 18.1. The van der Waals surface area contributed by atoms with Crippen molar-refractivity contribution in [1.82, 2.24) is 0 Å². The minimum Gasteiger partial charge on any atom is -0.743 e. The first kappa shape index (κ1) is 42.4. The number of ether oxygens (including phenoxy) is 1. The lowest BCUT2D eigenvalue weighted by atomic mass is 9.95. The number of nitrogens with one attached hydrogen (secondary N) is 1. The molecule has 7 atom stereocenters. The maximum Gasteiger partial charge on any atom is 0.428 e. The molecule has 1 heterocycles. The van der Waals surface area contributed by atoms with E-state index in [4.69, 9.17) is 15.0 Å². The van der Waals surface area contributed by atoms with Gasteiger partial charge in [0.25, 0.3) is 10.1 Å². The van der Waals surface area contributed by atoms with Gasteiger partial charge in [-0.15, -0.1) is 6.54 Å². The molecule has 0 amide bonds. The van der Waals surface area contributed by atoms with Gasteiger partial charge in [0.2, 0.25) is 5.92 Å².